The van der Waals surface area contributed by atoms with Gasteiger partial charge in [0.2, 0.25) is 0 Å². The first-order valence-electron chi connectivity index (χ1n) is 22.6. The fourth-order valence-electron chi connectivity index (χ4n) is 7.47. The Morgan fingerprint density at radius 1 is 0.260 bits per heavy atom. The summed E-state index contributed by atoms with van der Waals surface area (Å²) in [7, 11) is 0. The molecule has 298 valence electrons. The Balaban J connectivity index is 3.15. The van der Waals surface area contributed by atoms with Crippen molar-refractivity contribution in [3.05, 3.63) is 0 Å². The Bertz CT molecular complexity index is 624. The molecule has 0 unspecified atom stereocenters. The van der Waals surface area contributed by atoms with E-state index in [2.05, 4.69) is 0 Å². The van der Waals surface area contributed by atoms with Crippen LogP contribution in [0.3, 0.4) is 0 Å². The highest BCUT2D eigenvalue weighted by Crippen LogP contribution is 2.18. The number of carboxylic acids is 2. The zero-order chi connectivity index (χ0) is 36.4. The molecule has 0 saturated carbocycles. The minimum Gasteiger partial charge on any atom is -0.481 e. The largest absolute Gasteiger partial charge is 0.481 e. The first kappa shape index (κ1) is 48.9. The van der Waals surface area contributed by atoms with Gasteiger partial charge in [0.15, 0.2) is 0 Å². The standard InChI is InChI=1S/C45H88O5/c46-43(39-35-31-27-23-19-15-11-7-3-1-5-9-13-17-21-25-29-33-37-41-44(47)48)40-36-32-28-24-20-16-12-8-4-2-6-10-14-18-22-26-30-34-38-42-45(49)50/h43,46H,1-42H2,(H,47,48)(H,49,50). The summed E-state index contributed by atoms with van der Waals surface area (Å²) < 4.78 is 0. The van der Waals surface area contributed by atoms with Crippen molar-refractivity contribution in [3.8, 4) is 0 Å². The number of carbonyl (C=O) groups is 2. The molecule has 0 spiro atoms. The quantitative estimate of drug-likeness (QED) is 0.0548. The van der Waals surface area contributed by atoms with E-state index in [4.69, 9.17) is 10.2 Å². The smallest absolute Gasteiger partial charge is 0.303 e. The first-order valence-corrected chi connectivity index (χ1v) is 22.6. The molecule has 5 heteroatoms. The van der Waals surface area contributed by atoms with Crippen LogP contribution >= 0.6 is 0 Å². The Morgan fingerprint density at radius 2 is 0.400 bits per heavy atom. The van der Waals surface area contributed by atoms with Crippen LogP contribution < -0.4 is 0 Å². The Morgan fingerprint density at radius 3 is 0.560 bits per heavy atom. The molecule has 0 bridgehead atoms. The minimum absolute atomic E-state index is 0.0706. The summed E-state index contributed by atoms with van der Waals surface area (Å²) in [5, 5.41) is 27.7. The van der Waals surface area contributed by atoms with Gasteiger partial charge in [-0.15, -0.1) is 0 Å². The number of hydrogen-bond acceptors (Lipinski definition) is 3. The predicted octanol–water partition coefficient (Wildman–Crippen LogP) is 14.9. The monoisotopic (exact) mass is 709 g/mol. The van der Waals surface area contributed by atoms with Gasteiger partial charge >= 0.3 is 11.9 Å². The van der Waals surface area contributed by atoms with Crippen LogP contribution in [0.15, 0.2) is 0 Å². The second kappa shape index (κ2) is 42.3. The maximum atomic E-state index is 10.5. The molecule has 0 aromatic rings. The van der Waals surface area contributed by atoms with Gasteiger partial charge in [-0.25, -0.2) is 0 Å². The van der Waals surface area contributed by atoms with Crippen molar-refractivity contribution in [2.45, 2.75) is 276 Å². The first-order chi connectivity index (χ1) is 24.5. The van der Waals surface area contributed by atoms with Gasteiger partial charge in [0.1, 0.15) is 0 Å². The maximum absolute atomic E-state index is 10.5. The molecule has 0 saturated heterocycles. The van der Waals surface area contributed by atoms with Crippen molar-refractivity contribution < 1.29 is 24.9 Å². The van der Waals surface area contributed by atoms with Crippen LogP contribution in [-0.2, 0) is 9.59 Å². The summed E-state index contributed by atoms with van der Waals surface area (Å²) in [6.45, 7) is 0. The van der Waals surface area contributed by atoms with Crippen molar-refractivity contribution in [1.82, 2.24) is 0 Å². The van der Waals surface area contributed by atoms with Crippen molar-refractivity contribution >= 4 is 11.9 Å². The van der Waals surface area contributed by atoms with E-state index in [1.165, 1.54) is 218 Å². The molecule has 0 aromatic carbocycles. The molecule has 0 aliphatic rings. The number of rotatable bonds is 44. The van der Waals surface area contributed by atoms with Crippen LogP contribution in [0.1, 0.15) is 270 Å². The molecule has 0 aromatic heterocycles. The average Bonchev–Trinajstić information content (AvgIpc) is 3.09. The number of aliphatic hydroxyl groups is 1. The third kappa shape index (κ3) is 44.9. The molecule has 50 heavy (non-hydrogen) atoms. The van der Waals surface area contributed by atoms with E-state index in [9.17, 15) is 14.7 Å². The van der Waals surface area contributed by atoms with Crippen LogP contribution in [0.25, 0.3) is 0 Å². The number of aliphatic hydroxyl groups excluding tert-OH is 1. The van der Waals surface area contributed by atoms with Crippen LogP contribution in [0, 0.1) is 0 Å². The molecule has 0 heterocycles. The van der Waals surface area contributed by atoms with Crippen LogP contribution in [0.4, 0.5) is 0 Å². The third-order valence-electron chi connectivity index (χ3n) is 10.9. The van der Waals surface area contributed by atoms with Crippen molar-refractivity contribution in [1.29, 1.82) is 0 Å². The van der Waals surface area contributed by atoms with Gasteiger partial charge in [0.25, 0.3) is 0 Å². The van der Waals surface area contributed by atoms with E-state index in [1.807, 2.05) is 0 Å². The Labute approximate surface area is 312 Å². The molecule has 0 rings (SSSR count). The van der Waals surface area contributed by atoms with Crippen molar-refractivity contribution in [3.63, 3.8) is 0 Å². The number of hydrogen-bond donors (Lipinski definition) is 3. The topological polar surface area (TPSA) is 94.8 Å². The fraction of sp³-hybridized carbons (Fsp3) is 0.956. The molecule has 0 aliphatic heterocycles. The zero-order valence-corrected chi connectivity index (χ0v) is 33.4. The lowest BCUT2D eigenvalue weighted by Gasteiger charge is -2.10. The van der Waals surface area contributed by atoms with E-state index < -0.39 is 11.9 Å². The van der Waals surface area contributed by atoms with Crippen molar-refractivity contribution in [2.24, 2.45) is 0 Å². The van der Waals surface area contributed by atoms with Gasteiger partial charge in [-0.3, -0.25) is 9.59 Å². The summed E-state index contributed by atoms with van der Waals surface area (Å²) in [6.07, 6.45) is 52.3. The molecule has 0 atom stereocenters. The second-order valence-corrected chi connectivity index (χ2v) is 16.0. The second-order valence-electron chi connectivity index (χ2n) is 16.0. The molecule has 0 amide bonds. The molecule has 3 N–H and O–H groups in total. The van der Waals surface area contributed by atoms with Gasteiger partial charge in [0, 0.05) is 12.8 Å². The zero-order valence-electron chi connectivity index (χ0n) is 33.4. The fourth-order valence-corrected chi connectivity index (χ4v) is 7.47. The summed E-state index contributed by atoms with van der Waals surface area (Å²) in [5.74, 6) is -1.32. The van der Waals surface area contributed by atoms with Gasteiger partial charge in [0.05, 0.1) is 6.10 Å². The summed E-state index contributed by atoms with van der Waals surface area (Å²) in [4.78, 5) is 21.0. The van der Waals surface area contributed by atoms with Gasteiger partial charge < -0.3 is 15.3 Å². The number of aliphatic carboxylic acids is 2. The van der Waals surface area contributed by atoms with Gasteiger partial charge in [-0.05, 0) is 25.7 Å². The highest BCUT2D eigenvalue weighted by molar-refractivity contribution is 5.66. The third-order valence-corrected chi connectivity index (χ3v) is 10.9. The van der Waals surface area contributed by atoms with Crippen LogP contribution in [0.2, 0.25) is 0 Å². The number of carboxylic acid groups (broad SMARTS) is 2. The van der Waals surface area contributed by atoms with Gasteiger partial charge in [-0.1, -0.05) is 231 Å². The molecular formula is C45H88O5. The SMILES string of the molecule is O=C(O)CCCCCCCCCCCCCCCCCCCCCC(O)CCCCCCCCCCCCCCCCCCCCCC(=O)O. The van der Waals surface area contributed by atoms with E-state index in [1.54, 1.807) is 0 Å². The Kier molecular flexibility index (Phi) is 41.4. The number of unbranched alkanes of at least 4 members (excludes halogenated alkanes) is 36. The minimum atomic E-state index is -0.658. The lowest BCUT2D eigenvalue weighted by atomic mass is 10.0. The van der Waals surface area contributed by atoms with Gasteiger partial charge in [-0.2, -0.15) is 0 Å². The molecule has 0 fully saturated rings. The van der Waals surface area contributed by atoms with Crippen LogP contribution in [-0.4, -0.2) is 33.4 Å². The highest BCUT2D eigenvalue weighted by Gasteiger charge is 2.04. The normalized spacial score (nSPS) is 11.6. The van der Waals surface area contributed by atoms with Crippen LogP contribution in [0.5, 0.6) is 0 Å². The molecule has 5 nitrogen and oxygen atoms in total. The Hall–Kier alpha value is -1.10. The maximum Gasteiger partial charge on any atom is 0.303 e. The predicted molar refractivity (Wildman–Crippen MR) is 215 cm³/mol. The van der Waals surface area contributed by atoms with Crippen molar-refractivity contribution in [2.75, 3.05) is 0 Å². The molecule has 0 aliphatic carbocycles. The summed E-state index contributed by atoms with van der Waals surface area (Å²) >= 11 is 0. The van der Waals surface area contributed by atoms with E-state index >= 15 is 0 Å². The van der Waals surface area contributed by atoms with E-state index in [0.717, 1.165) is 38.5 Å². The summed E-state index contributed by atoms with van der Waals surface area (Å²) in [6, 6.07) is 0. The van der Waals surface area contributed by atoms with E-state index in [-0.39, 0.29) is 6.10 Å². The lowest BCUT2D eigenvalue weighted by molar-refractivity contribution is -0.138. The average molecular weight is 709 g/mol. The van der Waals surface area contributed by atoms with E-state index in [0.29, 0.717) is 12.8 Å². The molecular weight excluding hydrogens is 620 g/mol. The highest BCUT2D eigenvalue weighted by atomic mass is 16.4. The lowest BCUT2D eigenvalue weighted by Crippen LogP contribution is -2.05. The summed E-state index contributed by atoms with van der Waals surface area (Å²) in [5.41, 5.74) is 0. The molecule has 0 radical (unpaired) electrons.